The molecule has 1 unspecified atom stereocenters. The predicted molar refractivity (Wildman–Crippen MR) is 72.7 cm³/mol. The fraction of sp³-hybridized carbons (Fsp3) is 0.615. The number of hydrogen-bond acceptors (Lipinski definition) is 3. The van der Waals surface area contributed by atoms with Gasteiger partial charge in [0.15, 0.2) is 0 Å². The quantitative estimate of drug-likeness (QED) is 0.833. The lowest BCUT2D eigenvalue weighted by molar-refractivity contribution is -0.131. The first-order valence-electron chi connectivity index (χ1n) is 6.35. The first-order valence-corrected chi connectivity index (χ1v) is 6.35. The van der Waals surface area contributed by atoms with Gasteiger partial charge in [-0.2, -0.15) is 5.10 Å². The molecular weight excluding hydrogens is 244 g/mol. The van der Waals surface area contributed by atoms with Crippen molar-refractivity contribution in [3.63, 3.8) is 0 Å². The van der Waals surface area contributed by atoms with Crippen LogP contribution in [0.15, 0.2) is 6.20 Å². The van der Waals surface area contributed by atoms with Crippen LogP contribution in [0.4, 0.5) is 0 Å². The number of rotatable bonds is 5. The number of nitrogens with one attached hydrogen (secondary N) is 2. The van der Waals surface area contributed by atoms with Crippen LogP contribution in [-0.2, 0) is 4.79 Å². The molecule has 0 aromatic carbocycles. The van der Waals surface area contributed by atoms with E-state index in [1.807, 2.05) is 13.8 Å². The van der Waals surface area contributed by atoms with Gasteiger partial charge in [0, 0.05) is 19.8 Å². The van der Waals surface area contributed by atoms with Gasteiger partial charge in [0.25, 0.3) is 5.91 Å². The zero-order valence-electron chi connectivity index (χ0n) is 12.2. The molecular formula is C13H22N4O2. The van der Waals surface area contributed by atoms with Crippen LogP contribution < -0.4 is 5.32 Å². The van der Waals surface area contributed by atoms with Crippen molar-refractivity contribution in [3.05, 3.63) is 17.5 Å². The minimum absolute atomic E-state index is 0.0943. The molecule has 0 aliphatic rings. The lowest BCUT2D eigenvalue weighted by Crippen LogP contribution is -2.47. The van der Waals surface area contributed by atoms with Gasteiger partial charge in [0.1, 0.15) is 6.04 Å². The molecule has 0 saturated heterocycles. The summed E-state index contributed by atoms with van der Waals surface area (Å²) in [7, 11) is 3.37. The molecule has 0 radical (unpaired) electrons. The predicted octanol–water partition coefficient (Wildman–Crippen LogP) is 0.951. The van der Waals surface area contributed by atoms with Crippen molar-refractivity contribution in [3.8, 4) is 0 Å². The van der Waals surface area contributed by atoms with Gasteiger partial charge in [-0.1, -0.05) is 13.8 Å². The first kappa shape index (κ1) is 15.2. The van der Waals surface area contributed by atoms with Crippen molar-refractivity contribution in [1.29, 1.82) is 0 Å². The monoisotopic (exact) mass is 266 g/mol. The Kier molecular flexibility index (Phi) is 5.09. The maximum atomic E-state index is 12.1. The number of aromatic amines is 1. The fourth-order valence-corrected chi connectivity index (χ4v) is 1.82. The molecule has 0 bridgehead atoms. The van der Waals surface area contributed by atoms with Crippen molar-refractivity contribution >= 4 is 11.8 Å². The van der Waals surface area contributed by atoms with Gasteiger partial charge in [-0.05, 0) is 19.3 Å². The average Bonchev–Trinajstić information content (AvgIpc) is 2.72. The number of amides is 2. The average molecular weight is 266 g/mol. The third-order valence-corrected chi connectivity index (χ3v) is 2.83. The number of nitrogens with zero attached hydrogens (tertiary/aromatic N) is 2. The molecule has 106 valence electrons. The Morgan fingerprint density at radius 3 is 2.47 bits per heavy atom. The summed E-state index contributed by atoms with van der Waals surface area (Å²) < 4.78 is 0. The molecule has 2 amide bonds. The molecule has 1 rings (SSSR count). The molecule has 0 saturated carbocycles. The molecule has 0 aliphatic heterocycles. The maximum absolute atomic E-state index is 12.1. The number of likely N-dealkylation sites (N-methyl/N-ethyl adjacent to an activating group) is 1. The Morgan fingerprint density at radius 1 is 1.42 bits per heavy atom. The summed E-state index contributed by atoms with van der Waals surface area (Å²) in [6.07, 6.45) is 2.08. The second-order valence-electron chi connectivity index (χ2n) is 5.30. The molecule has 1 atom stereocenters. The summed E-state index contributed by atoms with van der Waals surface area (Å²) in [6.45, 7) is 5.81. The molecule has 1 aromatic heterocycles. The van der Waals surface area contributed by atoms with Crippen molar-refractivity contribution in [2.24, 2.45) is 5.92 Å². The molecule has 0 aliphatic carbocycles. The van der Waals surface area contributed by atoms with Gasteiger partial charge in [-0.3, -0.25) is 14.7 Å². The summed E-state index contributed by atoms with van der Waals surface area (Å²) in [5.41, 5.74) is 1.17. The summed E-state index contributed by atoms with van der Waals surface area (Å²) in [5, 5.41) is 9.30. The van der Waals surface area contributed by atoms with Crippen LogP contribution in [0.1, 0.15) is 36.3 Å². The number of hydrogen-bond donors (Lipinski definition) is 2. The maximum Gasteiger partial charge on any atom is 0.255 e. The van der Waals surface area contributed by atoms with Crippen LogP contribution in [0.5, 0.6) is 0 Å². The highest BCUT2D eigenvalue weighted by atomic mass is 16.2. The Bertz CT molecular complexity index is 451. The van der Waals surface area contributed by atoms with Gasteiger partial charge in [-0.15, -0.1) is 0 Å². The molecule has 1 aromatic rings. The van der Waals surface area contributed by atoms with Crippen molar-refractivity contribution in [2.75, 3.05) is 14.1 Å². The van der Waals surface area contributed by atoms with Crippen LogP contribution in [0.25, 0.3) is 0 Å². The normalized spacial score (nSPS) is 12.3. The number of aryl methyl sites for hydroxylation is 1. The third kappa shape index (κ3) is 4.08. The van der Waals surface area contributed by atoms with E-state index in [0.29, 0.717) is 23.6 Å². The topological polar surface area (TPSA) is 78.1 Å². The Hall–Kier alpha value is -1.85. The largest absolute Gasteiger partial charge is 0.347 e. The third-order valence-electron chi connectivity index (χ3n) is 2.83. The van der Waals surface area contributed by atoms with Crippen LogP contribution in [-0.4, -0.2) is 47.0 Å². The number of H-pyrrole nitrogens is 1. The SMILES string of the molecule is Cc1[nH]ncc1C(=O)NC(CC(C)C)C(=O)N(C)C. The van der Waals surface area contributed by atoms with E-state index in [9.17, 15) is 9.59 Å². The molecule has 0 fully saturated rings. The second kappa shape index (κ2) is 6.36. The molecule has 6 nitrogen and oxygen atoms in total. The molecule has 1 heterocycles. The van der Waals surface area contributed by atoms with E-state index >= 15 is 0 Å². The molecule has 19 heavy (non-hydrogen) atoms. The van der Waals surface area contributed by atoms with Gasteiger partial charge in [0.2, 0.25) is 5.91 Å². The Balaban J connectivity index is 2.80. The lowest BCUT2D eigenvalue weighted by Gasteiger charge is -2.23. The van der Waals surface area contributed by atoms with E-state index in [-0.39, 0.29) is 11.8 Å². The summed E-state index contributed by atoms with van der Waals surface area (Å²) in [6, 6.07) is -0.503. The molecule has 0 spiro atoms. The van der Waals surface area contributed by atoms with Gasteiger partial charge < -0.3 is 10.2 Å². The molecule has 6 heteroatoms. The van der Waals surface area contributed by atoms with Crippen molar-refractivity contribution < 1.29 is 9.59 Å². The first-order chi connectivity index (χ1) is 8.82. The van der Waals surface area contributed by atoms with E-state index in [0.717, 1.165) is 0 Å². The zero-order valence-corrected chi connectivity index (χ0v) is 12.2. The van der Waals surface area contributed by atoms with Gasteiger partial charge in [-0.25, -0.2) is 0 Å². The van der Waals surface area contributed by atoms with Crippen LogP contribution in [0, 0.1) is 12.8 Å². The number of carbonyl (C=O) groups is 2. The Labute approximate surface area is 113 Å². The van der Waals surface area contributed by atoms with E-state index in [2.05, 4.69) is 15.5 Å². The number of aromatic nitrogens is 2. The van der Waals surface area contributed by atoms with Gasteiger partial charge >= 0.3 is 0 Å². The van der Waals surface area contributed by atoms with E-state index in [1.165, 1.54) is 11.1 Å². The standard InChI is InChI=1S/C13H22N4O2/c1-8(2)6-11(13(19)17(4)5)15-12(18)10-7-14-16-9(10)3/h7-8,11H,6H2,1-5H3,(H,14,16)(H,15,18). The van der Waals surface area contributed by atoms with Crippen molar-refractivity contribution in [2.45, 2.75) is 33.2 Å². The van der Waals surface area contributed by atoms with Crippen LogP contribution in [0.3, 0.4) is 0 Å². The summed E-state index contributed by atoms with van der Waals surface area (Å²) >= 11 is 0. The number of carbonyl (C=O) groups excluding carboxylic acids is 2. The van der Waals surface area contributed by atoms with Crippen molar-refractivity contribution in [1.82, 2.24) is 20.4 Å². The second-order valence-corrected chi connectivity index (χ2v) is 5.30. The minimum atomic E-state index is -0.503. The van der Waals surface area contributed by atoms with E-state index in [4.69, 9.17) is 0 Å². The summed E-state index contributed by atoms with van der Waals surface area (Å²) in [5.74, 6) is -0.0463. The van der Waals surface area contributed by atoms with E-state index < -0.39 is 6.04 Å². The van der Waals surface area contributed by atoms with Gasteiger partial charge in [0.05, 0.1) is 11.8 Å². The van der Waals surface area contributed by atoms with Crippen LogP contribution >= 0.6 is 0 Å². The molecule has 2 N–H and O–H groups in total. The highest BCUT2D eigenvalue weighted by Crippen LogP contribution is 2.09. The lowest BCUT2D eigenvalue weighted by atomic mass is 10.0. The fourth-order valence-electron chi connectivity index (χ4n) is 1.82. The highest BCUT2D eigenvalue weighted by molar-refractivity contribution is 5.98. The van der Waals surface area contributed by atoms with Crippen LogP contribution in [0.2, 0.25) is 0 Å². The smallest absolute Gasteiger partial charge is 0.255 e. The Morgan fingerprint density at radius 2 is 2.05 bits per heavy atom. The highest BCUT2D eigenvalue weighted by Gasteiger charge is 2.24. The van der Waals surface area contributed by atoms with E-state index in [1.54, 1.807) is 21.0 Å². The zero-order chi connectivity index (χ0) is 14.6. The minimum Gasteiger partial charge on any atom is -0.347 e. The summed E-state index contributed by atoms with van der Waals surface area (Å²) in [4.78, 5) is 25.7.